The van der Waals surface area contributed by atoms with Crippen molar-refractivity contribution in [3.8, 4) is 11.5 Å². The zero-order valence-electron chi connectivity index (χ0n) is 12.2. The van der Waals surface area contributed by atoms with Crippen LogP contribution in [0.25, 0.3) is 6.08 Å². The van der Waals surface area contributed by atoms with Crippen LogP contribution in [0.3, 0.4) is 0 Å². The van der Waals surface area contributed by atoms with E-state index in [-0.39, 0.29) is 5.91 Å². The van der Waals surface area contributed by atoms with E-state index in [0.717, 1.165) is 5.56 Å². The van der Waals surface area contributed by atoms with Crippen LogP contribution in [0, 0.1) is 0 Å². The fourth-order valence-electron chi connectivity index (χ4n) is 1.72. The Balaban J connectivity index is 2.07. The molecule has 0 fully saturated rings. The molecule has 0 spiro atoms. The van der Waals surface area contributed by atoms with Crippen LogP contribution in [0.15, 0.2) is 42.6 Å². The summed E-state index contributed by atoms with van der Waals surface area (Å²) in [5, 5.41) is 3.15. The lowest BCUT2D eigenvalue weighted by Crippen LogP contribution is -2.08. The minimum atomic E-state index is -0.295. The van der Waals surface area contributed by atoms with Crippen molar-refractivity contribution in [3.63, 3.8) is 0 Å². The number of amides is 1. The Hall–Kier alpha value is -2.53. The maximum Gasteiger partial charge on any atom is 0.249 e. The van der Waals surface area contributed by atoms with Crippen molar-refractivity contribution in [2.24, 2.45) is 0 Å². The Morgan fingerprint density at radius 2 is 1.86 bits per heavy atom. The van der Waals surface area contributed by atoms with E-state index in [1.165, 1.54) is 12.3 Å². The predicted octanol–water partition coefficient (Wildman–Crippen LogP) is 3.40. The summed E-state index contributed by atoms with van der Waals surface area (Å²) < 4.78 is 10.3. The number of halogens is 1. The Bertz CT molecular complexity index is 662. The first-order valence-electron chi connectivity index (χ1n) is 6.44. The SMILES string of the molecule is COc1cc(/C=C/C(=O)Nc2ccc(Cl)cn2)cc(OC)c1. The van der Waals surface area contributed by atoms with Crippen LogP contribution >= 0.6 is 11.6 Å². The normalized spacial score (nSPS) is 10.5. The van der Waals surface area contributed by atoms with Crippen LogP contribution in [0.1, 0.15) is 5.56 Å². The minimum Gasteiger partial charge on any atom is -0.497 e. The smallest absolute Gasteiger partial charge is 0.249 e. The van der Waals surface area contributed by atoms with Gasteiger partial charge in [-0.2, -0.15) is 0 Å². The average molecular weight is 319 g/mol. The number of anilines is 1. The van der Waals surface area contributed by atoms with Crippen molar-refractivity contribution in [2.45, 2.75) is 0 Å². The molecule has 114 valence electrons. The van der Waals surface area contributed by atoms with Gasteiger partial charge >= 0.3 is 0 Å². The number of pyridine rings is 1. The first-order chi connectivity index (χ1) is 10.6. The summed E-state index contributed by atoms with van der Waals surface area (Å²) in [6, 6.07) is 8.64. The highest BCUT2D eigenvalue weighted by Crippen LogP contribution is 2.23. The molecule has 0 aliphatic rings. The summed E-state index contributed by atoms with van der Waals surface area (Å²) in [6.07, 6.45) is 4.54. The van der Waals surface area contributed by atoms with E-state index >= 15 is 0 Å². The van der Waals surface area contributed by atoms with Crippen molar-refractivity contribution in [3.05, 3.63) is 53.2 Å². The molecule has 1 amide bonds. The molecular weight excluding hydrogens is 304 g/mol. The quantitative estimate of drug-likeness (QED) is 0.858. The third-order valence-electron chi connectivity index (χ3n) is 2.78. The first kappa shape index (κ1) is 15.9. The summed E-state index contributed by atoms with van der Waals surface area (Å²) in [5.41, 5.74) is 0.787. The molecule has 1 aromatic heterocycles. The molecule has 0 aliphatic heterocycles. The average Bonchev–Trinajstić information content (AvgIpc) is 2.54. The summed E-state index contributed by atoms with van der Waals surface area (Å²) in [5.74, 6) is 1.44. The molecule has 1 aromatic carbocycles. The molecule has 0 bridgehead atoms. The molecule has 0 aliphatic carbocycles. The Labute approximate surface area is 133 Å². The van der Waals surface area contributed by atoms with Crippen molar-refractivity contribution in [1.82, 2.24) is 4.98 Å². The molecule has 0 saturated heterocycles. The van der Waals surface area contributed by atoms with Crippen LogP contribution in [0.2, 0.25) is 5.02 Å². The van der Waals surface area contributed by atoms with Gasteiger partial charge in [-0.05, 0) is 35.9 Å². The van der Waals surface area contributed by atoms with Crippen molar-refractivity contribution < 1.29 is 14.3 Å². The molecule has 0 unspecified atom stereocenters. The summed E-state index contributed by atoms with van der Waals surface area (Å²) in [6.45, 7) is 0. The highest BCUT2D eigenvalue weighted by molar-refractivity contribution is 6.30. The molecule has 2 rings (SSSR count). The fourth-order valence-corrected chi connectivity index (χ4v) is 1.83. The highest BCUT2D eigenvalue weighted by atomic mass is 35.5. The van der Waals surface area contributed by atoms with Gasteiger partial charge in [0.25, 0.3) is 0 Å². The molecule has 6 heteroatoms. The van der Waals surface area contributed by atoms with E-state index in [2.05, 4.69) is 10.3 Å². The maximum atomic E-state index is 11.8. The number of hydrogen-bond acceptors (Lipinski definition) is 4. The number of methoxy groups -OCH3 is 2. The van der Waals surface area contributed by atoms with E-state index in [0.29, 0.717) is 22.3 Å². The molecule has 1 N–H and O–H groups in total. The maximum absolute atomic E-state index is 11.8. The highest BCUT2D eigenvalue weighted by Gasteiger charge is 2.02. The van der Waals surface area contributed by atoms with E-state index in [4.69, 9.17) is 21.1 Å². The van der Waals surface area contributed by atoms with Crippen molar-refractivity contribution in [1.29, 1.82) is 0 Å². The van der Waals surface area contributed by atoms with Crippen molar-refractivity contribution >= 4 is 29.4 Å². The van der Waals surface area contributed by atoms with Gasteiger partial charge in [-0.25, -0.2) is 4.98 Å². The number of carbonyl (C=O) groups is 1. The molecule has 0 radical (unpaired) electrons. The van der Waals surface area contributed by atoms with Gasteiger partial charge in [0.1, 0.15) is 17.3 Å². The second-order valence-electron chi connectivity index (χ2n) is 4.33. The fraction of sp³-hybridized carbons (Fsp3) is 0.125. The van der Waals surface area contributed by atoms with E-state index in [1.54, 1.807) is 50.6 Å². The van der Waals surface area contributed by atoms with Crippen molar-refractivity contribution in [2.75, 3.05) is 19.5 Å². The largest absolute Gasteiger partial charge is 0.497 e. The number of aromatic nitrogens is 1. The third kappa shape index (κ3) is 4.49. The summed E-state index contributed by atoms with van der Waals surface area (Å²) in [4.78, 5) is 15.8. The Morgan fingerprint density at radius 1 is 1.18 bits per heavy atom. The standard InChI is InChI=1S/C16H15ClN2O3/c1-21-13-7-11(8-14(9-13)22-2)3-6-16(20)19-15-5-4-12(17)10-18-15/h3-10H,1-2H3,(H,18,19,20)/b6-3+. The first-order valence-corrected chi connectivity index (χ1v) is 6.82. The predicted molar refractivity (Wildman–Crippen MR) is 86.5 cm³/mol. The van der Waals surface area contributed by atoms with Gasteiger partial charge in [0.15, 0.2) is 0 Å². The Morgan fingerprint density at radius 3 is 2.41 bits per heavy atom. The molecule has 0 atom stereocenters. The lowest BCUT2D eigenvalue weighted by molar-refractivity contribution is -0.111. The molecule has 1 heterocycles. The van der Waals surface area contributed by atoms with Crippen LogP contribution in [-0.2, 0) is 4.79 Å². The van der Waals surface area contributed by atoms with E-state index < -0.39 is 0 Å². The van der Waals surface area contributed by atoms with Crippen LogP contribution < -0.4 is 14.8 Å². The topological polar surface area (TPSA) is 60.5 Å². The lowest BCUT2D eigenvalue weighted by atomic mass is 10.2. The number of nitrogens with zero attached hydrogens (tertiary/aromatic N) is 1. The number of carbonyl (C=O) groups excluding carboxylic acids is 1. The summed E-state index contributed by atoms with van der Waals surface area (Å²) >= 11 is 5.73. The molecular formula is C16H15ClN2O3. The molecule has 5 nitrogen and oxygen atoms in total. The molecule has 0 saturated carbocycles. The lowest BCUT2D eigenvalue weighted by Gasteiger charge is -2.05. The van der Waals surface area contributed by atoms with Crippen LogP contribution in [0.4, 0.5) is 5.82 Å². The van der Waals surface area contributed by atoms with Gasteiger partial charge < -0.3 is 14.8 Å². The second-order valence-corrected chi connectivity index (χ2v) is 4.77. The third-order valence-corrected chi connectivity index (χ3v) is 3.00. The van der Waals surface area contributed by atoms with Gasteiger partial charge in [0.05, 0.1) is 19.2 Å². The molecule has 22 heavy (non-hydrogen) atoms. The zero-order chi connectivity index (χ0) is 15.9. The monoisotopic (exact) mass is 318 g/mol. The summed E-state index contributed by atoms with van der Waals surface area (Å²) in [7, 11) is 3.14. The van der Waals surface area contributed by atoms with Gasteiger partial charge in [0.2, 0.25) is 5.91 Å². The zero-order valence-corrected chi connectivity index (χ0v) is 12.9. The number of rotatable bonds is 5. The van der Waals surface area contributed by atoms with Gasteiger partial charge in [-0.1, -0.05) is 11.6 Å². The van der Waals surface area contributed by atoms with Crippen LogP contribution in [-0.4, -0.2) is 25.1 Å². The minimum absolute atomic E-state index is 0.295. The van der Waals surface area contributed by atoms with Gasteiger partial charge in [-0.15, -0.1) is 0 Å². The van der Waals surface area contributed by atoms with E-state index in [9.17, 15) is 4.79 Å². The Kier molecular flexibility index (Phi) is 5.38. The molecule has 2 aromatic rings. The number of hydrogen-bond donors (Lipinski definition) is 1. The number of nitrogens with one attached hydrogen (secondary N) is 1. The number of benzene rings is 1. The van der Waals surface area contributed by atoms with Gasteiger partial charge in [-0.3, -0.25) is 4.79 Å². The van der Waals surface area contributed by atoms with E-state index in [1.807, 2.05) is 0 Å². The van der Waals surface area contributed by atoms with Gasteiger partial charge in [0, 0.05) is 18.3 Å². The number of ether oxygens (including phenoxy) is 2. The second kappa shape index (κ2) is 7.47. The van der Waals surface area contributed by atoms with Crippen LogP contribution in [0.5, 0.6) is 11.5 Å².